The Labute approximate surface area is 64.4 Å². The van der Waals surface area contributed by atoms with Gasteiger partial charge in [-0.1, -0.05) is 0 Å². The highest BCUT2D eigenvalue weighted by Crippen LogP contribution is 2.05. The molecule has 0 aliphatic carbocycles. The van der Waals surface area contributed by atoms with Gasteiger partial charge in [-0.05, 0) is 0 Å². The SMILES string of the molecule is [NH3+]CCCC([NH3+])(CF)C(=O)[O-]. The molecule has 6 N–H and O–H groups in total. The van der Waals surface area contributed by atoms with Crippen molar-refractivity contribution < 1.29 is 25.8 Å². The summed E-state index contributed by atoms with van der Waals surface area (Å²) >= 11 is 0. The van der Waals surface area contributed by atoms with Crippen LogP contribution in [0.1, 0.15) is 12.8 Å². The fourth-order valence-corrected chi connectivity index (χ4v) is 0.687. The van der Waals surface area contributed by atoms with E-state index in [0.717, 1.165) is 0 Å². The van der Waals surface area contributed by atoms with Gasteiger partial charge >= 0.3 is 0 Å². The number of rotatable bonds is 5. The van der Waals surface area contributed by atoms with Crippen LogP contribution in [0.3, 0.4) is 0 Å². The molecule has 1 atom stereocenters. The van der Waals surface area contributed by atoms with Crippen LogP contribution >= 0.6 is 0 Å². The molecular formula is C6H14FN2O2+. The van der Waals surface area contributed by atoms with E-state index in [1.165, 1.54) is 0 Å². The number of alkyl halides is 1. The van der Waals surface area contributed by atoms with Crippen molar-refractivity contribution in [3.63, 3.8) is 0 Å². The van der Waals surface area contributed by atoms with Gasteiger partial charge in [-0.25, -0.2) is 4.39 Å². The average Bonchev–Trinajstić information content (AvgIpc) is 2.00. The highest BCUT2D eigenvalue weighted by molar-refractivity contribution is 5.74. The molecular weight excluding hydrogens is 151 g/mol. The van der Waals surface area contributed by atoms with E-state index in [2.05, 4.69) is 11.5 Å². The average molecular weight is 165 g/mol. The number of carbonyl (C=O) groups is 1. The van der Waals surface area contributed by atoms with Gasteiger partial charge in [0.05, 0.1) is 6.54 Å². The first-order valence-corrected chi connectivity index (χ1v) is 3.49. The van der Waals surface area contributed by atoms with E-state index in [4.69, 9.17) is 0 Å². The molecule has 5 heteroatoms. The van der Waals surface area contributed by atoms with Gasteiger partial charge in [0.15, 0.2) is 5.54 Å². The van der Waals surface area contributed by atoms with Gasteiger partial charge in [-0.3, -0.25) is 0 Å². The number of halogens is 1. The largest absolute Gasteiger partial charge is 0.544 e. The van der Waals surface area contributed by atoms with E-state index >= 15 is 0 Å². The number of hydrogen-bond donors (Lipinski definition) is 2. The zero-order valence-corrected chi connectivity index (χ0v) is 6.44. The molecule has 0 radical (unpaired) electrons. The summed E-state index contributed by atoms with van der Waals surface area (Å²) in [5, 5.41) is 10.3. The number of hydrogen-bond acceptors (Lipinski definition) is 2. The smallest absolute Gasteiger partial charge is 0.163 e. The minimum absolute atomic E-state index is 0.190. The third-order valence-electron chi connectivity index (χ3n) is 1.59. The van der Waals surface area contributed by atoms with Gasteiger partial charge < -0.3 is 21.4 Å². The van der Waals surface area contributed by atoms with Gasteiger partial charge in [0, 0.05) is 12.8 Å². The van der Waals surface area contributed by atoms with Crippen LogP contribution in [0.25, 0.3) is 0 Å². The molecule has 0 aromatic rings. The standard InChI is InChI=1S/C6H13FN2O2/c7-4-6(9,5(10)11)2-1-3-8/h1-4,8-9H2,(H,10,11)/p+1. The molecule has 0 bridgehead atoms. The molecule has 0 fully saturated rings. The number of carboxylic acids is 1. The van der Waals surface area contributed by atoms with E-state index in [9.17, 15) is 14.3 Å². The summed E-state index contributed by atoms with van der Waals surface area (Å²) in [5.74, 6) is -1.42. The fraction of sp³-hybridized carbons (Fsp3) is 0.833. The summed E-state index contributed by atoms with van der Waals surface area (Å²) in [5.41, 5.74) is 5.22. The maximum Gasteiger partial charge on any atom is 0.163 e. The van der Waals surface area contributed by atoms with Crippen LogP contribution < -0.4 is 16.6 Å². The minimum atomic E-state index is -1.56. The number of carbonyl (C=O) groups excluding carboxylic acids is 1. The monoisotopic (exact) mass is 165 g/mol. The predicted molar refractivity (Wildman–Crippen MR) is 33.6 cm³/mol. The lowest BCUT2D eigenvalue weighted by Crippen LogP contribution is -2.81. The van der Waals surface area contributed by atoms with Crippen LogP contribution in [0.5, 0.6) is 0 Å². The Morgan fingerprint density at radius 1 is 1.64 bits per heavy atom. The maximum absolute atomic E-state index is 12.1. The third kappa shape index (κ3) is 2.81. The summed E-state index contributed by atoms with van der Waals surface area (Å²) in [7, 11) is 0. The number of carboxylic acid groups (broad SMARTS) is 1. The second-order valence-corrected chi connectivity index (χ2v) is 2.66. The summed E-state index contributed by atoms with van der Waals surface area (Å²) in [6, 6.07) is 0. The maximum atomic E-state index is 12.1. The quantitative estimate of drug-likeness (QED) is 0.446. The Kier molecular flexibility index (Phi) is 3.99. The Balaban J connectivity index is 3.99. The number of aliphatic carboxylic acids is 1. The van der Waals surface area contributed by atoms with Crippen molar-refractivity contribution in [2.75, 3.05) is 13.2 Å². The summed E-state index contributed by atoms with van der Waals surface area (Å²) in [6.45, 7) is -0.389. The Hall–Kier alpha value is -0.680. The molecule has 0 spiro atoms. The first-order valence-electron chi connectivity index (χ1n) is 3.49. The van der Waals surface area contributed by atoms with Crippen LogP contribution in [0, 0.1) is 0 Å². The van der Waals surface area contributed by atoms with E-state index in [0.29, 0.717) is 13.0 Å². The van der Waals surface area contributed by atoms with Crippen molar-refractivity contribution in [2.45, 2.75) is 18.4 Å². The van der Waals surface area contributed by atoms with Crippen molar-refractivity contribution >= 4 is 5.97 Å². The summed E-state index contributed by atoms with van der Waals surface area (Å²) in [4.78, 5) is 10.3. The van der Waals surface area contributed by atoms with Crippen molar-refractivity contribution in [3.05, 3.63) is 0 Å². The topological polar surface area (TPSA) is 95.4 Å². The van der Waals surface area contributed by atoms with Crippen LogP contribution in [-0.2, 0) is 4.79 Å². The van der Waals surface area contributed by atoms with E-state index < -0.39 is 18.2 Å². The van der Waals surface area contributed by atoms with Crippen LogP contribution in [-0.4, -0.2) is 24.7 Å². The van der Waals surface area contributed by atoms with Crippen molar-refractivity contribution in [1.82, 2.24) is 0 Å². The molecule has 11 heavy (non-hydrogen) atoms. The summed E-state index contributed by atoms with van der Waals surface area (Å²) in [6.07, 6.45) is 0.747. The highest BCUT2D eigenvalue weighted by Gasteiger charge is 2.30. The van der Waals surface area contributed by atoms with Gasteiger partial charge in [-0.2, -0.15) is 0 Å². The molecule has 0 aliphatic heterocycles. The van der Waals surface area contributed by atoms with E-state index in [1.54, 1.807) is 0 Å². The minimum Gasteiger partial charge on any atom is -0.544 e. The van der Waals surface area contributed by atoms with Crippen molar-refractivity contribution in [3.8, 4) is 0 Å². The molecule has 0 rings (SSSR count). The van der Waals surface area contributed by atoms with Gasteiger partial charge in [0.2, 0.25) is 0 Å². The molecule has 0 amide bonds. The predicted octanol–water partition coefficient (Wildman–Crippen LogP) is -3.29. The van der Waals surface area contributed by atoms with Gasteiger partial charge in [0.1, 0.15) is 12.6 Å². The molecule has 1 unspecified atom stereocenters. The van der Waals surface area contributed by atoms with Crippen LogP contribution in [0.2, 0.25) is 0 Å². The normalized spacial score (nSPS) is 15.9. The third-order valence-corrected chi connectivity index (χ3v) is 1.59. The lowest BCUT2D eigenvalue weighted by molar-refractivity contribution is -0.491. The Bertz CT molecular complexity index is 143. The Morgan fingerprint density at radius 3 is 2.45 bits per heavy atom. The van der Waals surface area contributed by atoms with Crippen molar-refractivity contribution in [1.29, 1.82) is 0 Å². The molecule has 0 aliphatic rings. The first-order chi connectivity index (χ1) is 5.06. The number of quaternary nitrogens is 2. The summed E-state index contributed by atoms with van der Waals surface area (Å²) < 4.78 is 12.1. The second kappa shape index (κ2) is 4.25. The van der Waals surface area contributed by atoms with Crippen molar-refractivity contribution in [2.24, 2.45) is 0 Å². The molecule has 0 saturated carbocycles. The first kappa shape index (κ1) is 10.3. The molecule has 0 aromatic carbocycles. The lowest BCUT2D eigenvalue weighted by atomic mass is 9.97. The molecule has 0 aromatic heterocycles. The van der Waals surface area contributed by atoms with E-state index in [1.807, 2.05) is 0 Å². The highest BCUT2D eigenvalue weighted by atomic mass is 19.1. The molecule has 4 nitrogen and oxygen atoms in total. The fourth-order valence-electron chi connectivity index (χ4n) is 0.687. The van der Waals surface area contributed by atoms with Gasteiger partial charge in [-0.15, -0.1) is 0 Å². The molecule has 0 saturated heterocycles. The zero-order chi connectivity index (χ0) is 8.91. The lowest BCUT2D eigenvalue weighted by Gasteiger charge is -2.22. The molecule has 66 valence electrons. The molecule has 0 heterocycles. The zero-order valence-electron chi connectivity index (χ0n) is 6.44. The van der Waals surface area contributed by atoms with Gasteiger partial charge in [0.25, 0.3) is 0 Å². The van der Waals surface area contributed by atoms with E-state index in [-0.39, 0.29) is 6.42 Å². The van der Waals surface area contributed by atoms with Crippen LogP contribution in [0.4, 0.5) is 4.39 Å². The van der Waals surface area contributed by atoms with Crippen LogP contribution in [0.15, 0.2) is 0 Å². The second-order valence-electron chi connectivity index (χ2n) is 2.66. The Morgan fingerprint density at radius 2 is 2.18 bits per heavy atom.